The Kier molecular flexibility index (Phi) is 8.05. The molecule has 3 nitrogen and oxygen atoms in total. The van der Waals surface area contributed by atoms with Crippen LogP contribution in [0.5, 0.6) is 0 Å². The minimum absolute atomic E-state index is 0. The fourth-order valence-corrected chi connectivity index (χ4v) is 1.76. The van der Waals surface area contributed by atoms with Crippen molar-refractivity contribution in [3.05, 3.63) is 11.9 Å². The maximum atomic E-state index is 4.50. The van der Waals surface area contributed by atoms with Gasteiger partial charge in [-0.15, -0.1) is 12.4 Å². The normalized spacial score (nSPS) is 10.4. The van der Waals surface area contributed by atoms with Crippen molar-refractivity contribution < 1.29 is 0 Å². The average molecular weight is 260 g/mol. The molecule has 0 aromatic carbocycles. The van der Waals surface area contributed by atoms with Gasteiger partial charge in [-0.1, -0.05) is 33.6 Å². The van der Waals surface area contributed by atoms with Crippen molar-refractivity contribution in [1.82, 2.24) is 9.78 Å². The van der Waals surface area contributed by atoms with Gasteiger partial charge < -0.3 is 5.32 Å². The lowest BCUT2D eigenvalue weighted by molar-refractivity contribution is 0.481. The molecule has 0 atom stereocenters. The minimum Gasteiger partial charge on any atom is -0.382 e. The lowest BCUT2D eigenvalue weighted by atomic mass is 10.2. The molecule has 100 valence electrons. The maximum Gasteiger partial charge on any atom is 0.0825 e. The van der Waals surface area contributed by atoms with E-state index in [9.17, 15) is 0 Å². The molecule has 0 unspecified atom stereocenters. The summed E-state index contributed by atoms with van der Waals surface area (Å²) in [6.07, 6.45) is 5.94. The molecule has 0 amide bonds. The zero-order valence-corrected chi connectivity index (χ0v) is 12.3. The summed E-state index contributed by atoms with van der Waals surface area (Å²) in [4.78, 5) is 0. The molecule has 1 N–H and O–H groups in total. The smallest absolute Gasteiger partial charge is 0.0825 e. The van der Waals surface area contributed by atoms with Crippen LogP contribution in [0.2, 0.25) is 0 Å². The molecule has 0 radical (unpaired) electrons. The Bertz CT molecular complexity index is 308. The van der Waals surface area contributed by atoms with E-state index in [1.165, 1.54) is 24.9 Å². The number of halogens is 1. The number of unbranched alkanes of at least 4 members (excludes halogenated alkanes) is 2. The van der Waals surface area contributed by atoms with Crippen LogP contribution in [0.15, 0.2) is 6.20 Å². The van der Waals surface area contributed by atoms with Gasteiger partial charge in [-0.05, 0) is 19.3 Å². The largest absolute Gasteiger partial charge is 0.382 e. The topological polar surface area (TPSA) is 29.9 Å². The Morgan fingerprint density at radius 2 is 2.06 bits per heavy atom. The molecule has 4 heteroatoms. The summed E-state index contributed by atoms with van der Waals surface area (Å²) in [6.45, 7) is 10.8. The highest BCUT2D eigenvalue weighted by Crippen LogP contribution is 2.13. The van der Waals surface area contributed by atoms with Crippen LogP contribution in [0.1, 0.15) is 45.7 Å². The van der Waals surface area contributed by atoms with Crippen LogP contribution in [0.25, 0.3) is 0 Å². The fraction of sp³-hybridized carbons (Fsp3) is 0.769. The van der Waals surface area contributed by atoms with E-state index in [1.807, 2.05) is 4.68 Å². The van der Waals surface area contributed by atoms with Crippen molar-refractivity contribution >= 4 is 18.1 Å². The monoisotopic (exact) mass is 259 g/mol. The zero-order chi connectivity index (χ0) is 12.0. The highest BCUT2D eigenvalue weighted by Gasteiger charge is 2.04. The van der Waals surface area contributed by atoms with Gasteiger partial charge in [0.15, 0.2) is 0 Å². The summed E-state index contributed by atoms with van der Waals surface area (Å²) >= 11 is 0. The number of aromatic nitrogens is 2. The second kappa shape index (κ2) is 8.40. The van der Waals surface area contributed by atoms with Crippen LogP contribution in [0.3, 0.4) is 0 Å². The first-order valence-corrected chi connectivity index (χ1v) is 6.41. The predicted molar refractivity (Wildman–Crippen MR) is 77.1 cm³/mol. The van der Waals surface area contributed by atoms with E-state index >= 15 is 0 Å². The Balaban J connectivity index is 0.00000256. The van der Waals surface area contributed by atoms with E-state index in [0.717, 1.165) is 18.8 Å². The molecule has 1 rings (SSSR count). The molecular formula is C13H26ClN3. The standard InChI is InChI=1S/C13H25N3.ClH/c1-5-6-7-8-14-13-10-16(9-11(2)3)15-12(13)4;/h10-11,14H,5-9H2,1-4H3;1H. The Morgan fingerprint density at radius 3 is 2.65 bits per heavy atom. The van der Waals surface area contributed by atoms with Gasteiger partial charge in [0, 0.05) is 19.3 Å². The van der Waals surface area contributed by atoms with Gasteiger partial charge in [0.05, 0.1) is 11.4 Å². The highest BCUT2D eigenvalue weighted by atomic mass is 35.5. The number of nitrogens with one attached hydrogen (secondary N) is 1. The molecular weight excluding hydrogens is 234 g/mol. The number of hydrogen-bond donors (Lipinski definition) is 1. The second-order valence-corrected chi connectivity index (χ2v) is 4.88. The van der Waals surface area contributed by atoms with Crippen molar-refractivity contribution in [3.63, 3.8) is 0 Å². The number of nitrogens with zero attached hydrogens (tertiary/aromatic N) is 2. The van der Waals surface area contributed by atoms with Crippen molar-refractivity contribution in [2.45, 2.75) is 53.5 Å². The lowest BCUT2D eigenvalue weighted by Crippen LogP contribution is -2.04. The molecule has 0 aliphatic rings. The minimum atomic E-state index is 0. The highest BCUT2D eigenvalue weighted by molar-refractivity contribution is 5.85. The summed E-state index contributed by atoms with van der Waals surface area (Å²) in [6, 6.07) is 0. The molecule has 0 saturated carbocycles. The van der Waals surface area contributed by atoms with Crippen LogP contribution in [-0.2, 0) is 6.54 Å². The van der Waals surface area contributed by atoms with Crippen LogP contribution in [0, 0.1) is 12.8 Å². The predicted octanol–water partition coefficient (Wildman–Crippen LogP) is 3.87. The molecule has 0 bridgehead atoms. The van der Waals surface area contributed by atoms with Gasteiger partial charge in [-0.2, -0.15) is 5.10 Å². The molecule has 1 aromatic rings. The first kappa shape index (κ1) is 16.3. The van der Waals surface area contributed by atoms with Gasteiger partial charge in [-0.25, -0.2) is 0 Å². The molecule has 0 spiro atoms. The van der Waals surface area contributed by atoms with Gasteiger partial charge >= 0.3 is 0 Å². The number of hydrogen-bond acceptors (Lipinski definition) is 2. The van der Waals surface area contributed by atoms with Gasteiger partial charge in [0.25, 0.3) is 0 Å². The van der Waals surface area contributed by atoms with E-state index in [2.05, 4.69) is 44.3 Å². The van der Waals surface area contributed by atoms with Crippen LogP contribution >= 0.6 is 12.4 Å². The molecule has 1 heterocycles. The third-order valence-electron chi connectivity index (χ3n) is 2.59. The van der Waals surface area contributed by atoms with E-state index in [0.29, 0.717) is 5.92 Å². The van der Waals surface area contributed by atoms with Crippen molar-refractivity contribution in [1.29, 1.82) is 0 Å². The first-order chi connectivity index (χ1) is 7.63. The van der Waals surface area contributed by atoms with Gasteiger partial charge in [-0.3, -0.25) is 4.68 Å². The molecule has 17 heavy (non-hydrogen) atoms. The Morgan fingerprint density at radius 1 is 1.35 bits per heavy atom. The fourth-order valence-electron chi connectivity index (χ4n) is 1.76. The summed E-state index contributed by atoms with van der Waals surface area (Å²) in [5, 5.41) is 7.96. The van der Waals surface area contributed by atoms with Crippen molar-refractivity contribution in [2.24, 2.45) is 5.92 Å². The quantitative estimate of drug-likeness (QED) is 0.754. The van der Waals surface area contributed by atoms with Crippen LogP contribution < -0.4 is 5.32 Å². The van der Waals surface area contributed by atoms with Crippen molar-refractivity contribution in [2.75, 3.05) is 11.9 Å². The number of aryl methyl sites for hydroxylation is 1. The summed E-state index contributed by atoms with van der Waals surface area (Å²) in [7, 11) is 0. The maximum absolute atomic E-state index is 4.50. The molecule has 0 saturated heterocycles. The lowest BCUT2D eigenvalue weighted by Gasteiger charge is -2.04. The zero-order valence-electron chi connectivity index (χ0n) is 11.5. The first-order valence-electron chi connectivity index (χ1n) is 6.41. The second-order valence-electron chi connectivity index (χ2n) is 4.88. The summed E-state index contributed by atoms with van der Waals surface area (Å²) < 4.78 is 2.04. The number of rotatable bonds is 7. The third-order valence-corrected chi connectivity index (χ3v) is 2.59. The average Bonchev–Trinajstić information content (AvgIpc) is 2.53. The Hall–Kier alpha value is -0.700. The molecule has 0 aliphatic heterocycles. The molecule has 0 aliphatic carbocycles. The van der Waals surface area contributed by atoms with Crippen molar-refractivity contribution in [3.8, 4) is 0 Å². The summed E-state index contributed by atoms with van der Waals surface area (Å²) in [5.41, 5.74) is 2.30. The Labute approximate surface area is 111 Å². The van der Waals surface area contributed by atoms with E-state index in [4.69, 9.17) is 0 Å². The van der Waals surface area contributed by atoms with Crippen LogP contribution in [0.4, 0.5) is 5.69 Å². The van der Waals surface area contributed by atoms with Crippen LogP contribution in [-0.4, -0.2) is 16.3 Å². The number of anilines is 1. The van der Waals surface area contributed by atoms with Gasteiger partial charge in [0.2, 0.25) is 0 Å². The van der Waals surface area contributed by atoms with E-state index in [-0.39, 0.29) is 12.4 Å². The summed E-state index contributed by atoms with van der Waals surface area (Å²) in [5.74, 6) is 0.646. The third kappa shape index (κ3) is 5.97. The molecule has 0 fully saturated rings. The SMILES string of the molecule is CCCCCNc1cn(CC(C)C)nc1C.Cl. The van der Waals surface area contributed by atoms with Gasteiger partial charge in [0.1, 0.15) is 0 Å². The van der Waals surface area contributed by atoms with E-state index in [1.54, 1.807) is 0 Å². The van der Waals surface area contributed by atoms with E-state index < -0.39 is 0 Å². The molecule has 1 aromatic heterocycles.